The van der Waals surface area contributed by atoms with Crippen molar-refractivity contribution in [1.82, 2.24) is 5.32 Å². The Hall–Kier alpha value is -6.46. The van der Waals surface area contributed by atoms with Crippen molar-refractivity contribution in [2.24, 2.45) is 10.9 Å². The molecule has 1 saturated heterocycles. The van der Waals surface area contributed by atoms with Gasteiger partial charge in [0.1, 0.15) is 60.5 Å². The molecule has 15 heteroatoms. The summed E-state index contributed by atoms with van der Waals surface area (Å²) in [5, 5.41) is 46.9. The number of fused-ring (bicyclic) bond motifs is 2. The van der Waals surface area contributed by atoms with Crippen molar-refractivity contribution in [1.29, 1.82) is 0 Å². The average molecular weight is 845 g/mol. The number of allylic oxidation sites excluding steroid dienone is 1. The zero-order valence-electron chi connectivity index (χ0n) is 34.1. The van der Waals surface area contributed by atoms with E-state index in [4.69, 9.17) is 23.5 Å². The van der Waals surface area contributed by atoms with Crippen molar-refractivity contribution >= 4 is 34.8 Å². The molecule has 5 aromatic rings. The Labute approximate surface area is 355 Å². The fraction of sp³-hybridized carbons (Fsp3) is 0.277. The first-order chi connectivity index (χ1) is 29.9. The van der Waals surface area contributed by atoms with Gasteiger partial charge in [-0.05, 0) is 80.9 Å². The Balaban J connectivity index is 1.08. The number of ether oxygens (including phenoxy) is 3. The fourth-order valence-electron chi connectivity index (χ4n) is 8.17. The molecular formula is C47H46N3O12+. The predicted octanol–water partition coefficient (Wildman–Crippen LogP) is 3.26. The van der Waals surface area contributed by atoms with Crippen molar-refractivity contribution in [3.05, 3.63) is 147 Å². The molecule has 1 fully saturated rings. The van der Waals surface area contributed by atoms with Gasteiger partial charge in [-0.1, -0.05) is 59.7 Å². The Bertz CT molecular complexity index is 2620. The molecule has 8 rings (SSSR count). The number of hydrogen-bond acceptors (Lipinski definition) is 13. The summed E-state index contributed by atoms with van der Waals surface area (Å²) in [7, 11) is 1.55. The molecule has 3 aliphatic rings. The minimum absolute atomic E-state index is 0.0506. The molecule has 0 bridgehead atoms. The normalized spacial score (nSPS) is 22.9. The van der Waals surface area contributed by atoms with Crippen LogP contribution in [0.1, 0.15) is 22.3 Å². The zero-order chi connectivity index (χ0) is 43.7. The third-order valence-electron chi connectivity index (χ3n) is 11.2. The van der Waals surface area contributed by atoms with Gasteiger partial charge >= 0.3 is 11.9 Å². The van der Waals surface area contributed by atoms with Gasteiger partial charge in [0.25, 0.3) is 0 Å². The molecule has 1 unspecified atom stereocenters. The summed E-state index contributed by atoms with van der Waals surface area (Å²) in [6.07, 6.45) is -2.50. The van der Waals surface area contributed by atoms with Crippen LogP contribution in [0.15, 0.2) is 129 Å². The van der Waals surface area contributed by atoms with Gasteiger partial charge in [0, 0.05) is 29.5 Å². The molecule has 8 atom stereocenters. The molecule has 4 heterocycles. The molecule has 3 aliphatic heterocycles. The van der Waals surface area contributed by atoms with Crippen LogP contribution in [0.25, 0.3) is 27.8 Å². The number of carboxylic acid groups (broad SMARTS) is 1. The molecule has 15 nitrogen and oxygen atoms in total. The first-order valence-electron chi connectivity index (χ1n) is 20.1. The number of quaternary nitrogens is 1. The number of benzene rings is 4. The number of aliphatic hydroxyl groups excluding tert-OH is 2. The van der Waals surface area contributed by atoms with Gasteiger partial charge in [-0.15, -0.1) is 0 Å². The predicted molar refractivity (Wildman–Crippen MR) is 226 cm³/mol. The Kier molecular flexibility index (Phi) is 12.2. The maximum absolute atomic E-state index is 13.6. The van der Waals surface area contributed by atoms with Crippen LogP contribution in [-0.4, -0.2) is 95.5 Å². The number of carbonyl (C=O) groups is 2. The smallest absolute Gasteiger partial charge is 0.322 e. The van der Waals surface area contributed by atoms with E-state index >= 15 is 0 Å². The Morgan fingerprint density at radius 3 is 2.40 bits per heavy atom. The molecular weight excluding hydrogens is 799 g/mol. The van der Waals surface area contributed by atoms with E-state index in [0.29, 0.717) is 22.9 Å². The number of aliphatic carboxylic acids is 1. The minimum Gasteiger partial charge on any atom is -0.508 e. The number of aliphatic imine (C=N–C) groups is 1. The van der Waals surface area contributed by atoms with Crippen LogP contribution in [0.2, 0.25) is 0 Å². The lowest BCUT2D eigenvalue weighted by Gasteiger charge is -2.41. The maximum atomic E-state index is 13.6. The molecule has 0 spiro atoms. The van der Waals surface area contributed by atoms with Crippen LogP contribution in [0.4, 0.5) is 0 Å². The molecule has 0 saturated carbocycles. The third-order valence-corrected chi connectivity index (χ3v) is 11.2. The average Bonchev–Trinajstić information content (AvgIpc) is 3.84. The number of aryl methyl sites for hydroxylation is 2. The summed E-state index contributed by atoms with van der Waals surface area (Å²) in [5.74, 6) is -3.91. The highest BCUT2D eigenvalue weighted by Crippen LogP contribution is 2.32. The first-order valence-corrected chi connectivity index (χ1v) is 20.1. The van der Waals surface area contributed by atoms with Crippen LogP contribution in [-0.2, 0) is 30.3 Å². The minimum atomic E-state index is -1.69. The highest BCUT2D eigenvalue weighted by Gasteiger charge is 2.52. The summed E-state index contributed by atoms with van der Waals surface area (Å²) >= 11 is 0. The second kappa shape index (κ2) is 17.9. The number of hydroxylamine groups is 2. The number of nitrogens with one attached hydrogen (secondary N) is 2. The highest BCUT2D eigenvalue weighted by atomic mass is 16.8. The quantitative estimate of drug-likeness (QED) is 0.0702. The topological polar surface area (TPSA) is 211 Å². The van der Waals surface area contributed by atoms with Gasteiger partial charge in [-0.25, -0.2) is 4.99 Å². The van der Waals surface area contributed by atoms with Gasteiger partial charge in [0.05, 0.1) is 10.9 Å². The number of rotatable bonds is 14. The summed E-state index contributed by atoms with van der Waals surface area (Å²) < 4.78 is 24.1. The summed E-state index contributed by atoms with van der Waals surface area (Å²) in [4.78, 5) is 50.8. The largest absolute Gasteiger partial charge is 0.508 e. The van der Waals surface area contributed by atoms with E-state index < -0.39 is 61.2 Å². The van der Waals surface area contributed by atoms with Gasteiger partial charge in [0.15, 0.2) is 17.0 Å². The molecule has 0 radical (unpaired) electrons. The summed E-state index contributed by atoms with van der Waals surface area (Å²) in [6, 6.07) is 25.0. The van der Waals surface area contributed by atoms with E-state index in [-0.39, 0.29) is 39.9 Å². The third kappa shape index (κ3) is 8.67. The second-order valence-electron chi connectivity index (χ2n) is 15.6. The van der Waals surface area contributed by atoms with E-state index in [1.54, 1.807) is 25.4 Å². The number of aliphatic hydroxyl groups is 2. The fourth-order valence-corrected chi connectivity index (χ4v) is 8.17. The molecule has 62 heavy (non-hydrogen) atoms. The van der Waals surface area contributed by atoms with Crippen LogP contribution in [0, 0.1) is 19.8 Å². The number of phenols is 1. The Morgan fingerprint density at radius 1 is 0.952 bits per heavy atom. The number of likely N-dealkylation sites (N-methyl/N-ethyl adjacent to an activating group) is 1. The van der Waals surface area contributed by atoms with Crippen molar-refractivity contribution < 1.29 is 58.5 Å². The van der Waals surface area contributed by atoms with Gasteiger partial charge in [-0.2, -0.15) is 9.90 Å². The van der Waals surface area contributed by atoms with Crippen LogP contribution in [0.5, 0.6) is 11.5 Å². The number of nitrogens with zero attached hydrogens (tertiary/aromatic N) is 1. The van der Waals surface area contributed by atoms with Crippen LogP contribution < -0.4 is 20.5 Å². The van der Waals surface area contributed by atoms with Crippen molar-refractivity contribution in [2.75, 3.05) is 20.2 Å². The standard InChI is InChI=1S/C47H45N3O12/c1-25-17-26(2)19-30(18-25)40-39-29(15-16-49-39)22-50(40)62-44-43(54)42(53)37(24-59-46(57)38(45(55)56)35(48-3)20-27-7-5-4-6-8-27)61-47(44)60-32-13-14-33-36(21-32)58-23-34(41(33)52)28-9-11-31(51)12-10-28/h4-19,21,23,35,37-38,42-44,47-48,51,53-54H,20,22,24H2,1-3H3,(H,55,56)/p+1/t35-,37+,38+,42+,43-,44+,47+/m1/s1. The molecule has 1 aromatic heterocycles. The van der Waals surface area contributed by atoms with Crippen molar-refractivity contribution in [2.45, 2.75) is 57.0 Å². The number of hydrogen-bond donors (Lipinski definition) is 6. The SMILES string of the molecule is CN[C@H](Cc1ccccc1)[C@@H](C(=O)O)C(=O)OC[C@@H]1O[C@H](Oc2ccc3c(=O)c(-c4ccc(O)cc4)coc3c2)[C@@H](O[NH+]2CC3=CC=NC3=C2c2cc(C)cc(C)c2)[C@H](O)[C@H]1O. The van der Waals surface area contributed by atoms with E-state index in [2.05, 4.69) is 10.3 Å². The monoisotopic (exact) mass is 844 g/mol. The maximum Gasteiger partial charge on any atom is 0.322 e. The van der Waals surface area contributed by atoms with Gasteiger partial charge in [0.2, 0.25) is 12.4 Å². The molecule has 320 valence electrons. The van der Waals surface area contributed by atoms with Gasteiger partial charge in [-0.3, -0.25) is 14.4 Å². The number of esters is 1. The highest BCUT2D eigenvalue weighted by molar-refractivity contribution is 5.95. The van der Waals surface area contributed by atoms with Crippen molar-refractivity contribution in [3.8, 4) is 22.6 Å². The molecule has 6 N–H and O–H groups in total. The number of aromatic hydroxyl groups is 1. The van der Waals surface area contributed by atoms with E-state index in [9.17, 15) is 34.8 Å². The second-order valence-corrected chi connectivity index (χ2v) is 15.6. The lowest BCUT2D eigenvalue weighted by atomic mass is 9.93. The summed E-state index contributed by atoms with van der Waals surface area (Å²) in [5.41, 5.74) is 6.70. The lowest BCUT2D eigenvalue weighted by molar-refractivity contribution is -1.04. The van der Waals surface area contributed by atoms with Crippen LogP contribution in [0.3, 0.4) is 0 Å². The summed E-state index contributed by atoms with van der Waals surface area (Å²) in [6.45, 7) is 3.65. The number of phenolic OH excluding ortho intramolecular Hbond substituents is 1. The van der Waals surface area contributed by atoms with E-state index in [0.717, 1.165) is 33.5 Å². The molecule has 0 aliphatic carbocycles. The van der Waals surface area contributed by atoms with E-state index in [1.165, 1.54) is 36.6 Å². The first kappa shape index (κ1) is 42.2. The zero-order valence-corrected chi connectivity index (χ0v) is 34.1. The van der Waals surface area contributed by atoms with Crippen LogP contribution >= 0.6 is 0 Å². The molecule has 4 aromatic carbocycles. The number of carboxylic acids is 1. The van der Waals surface area contributed by atoms with Crippen molar-refractivity contribution in [3.63, 3.8) is 0 Å². The van der Waals surface area contributed by atoms with Gasteiger partial charge < -0.3 is 44.4 Å². The molecule has 0 amide bonds. The Morgan fingerprint density at radius 2 is 1.69 bits per heavy atom. The lowest BCUT2D eigenvalue weighted by Crippen LogP contribution is -3.08. The van der Waals surface area contributed by atoms with E-state index in [1.807, 2.05) is 68.5 Å². The number of carbonyl (C=O) groups excluding carboxylic acids is 1.